The van der Waals surface area contributed by atoms with Gasteiger partial charge in [-0.3, -0.25) is 0 Å². The highest BCUT2D eigenvalue weighted by atomic mass is 15.0. The van der Waals surface area contributed by atoms with Crippen LogP contribution in [0.5, 0.6) is 0 Å². The Balaban J connectivity index is 2.07. The van der Waals surface area contributed by atoms with E-state index in [0.717, 1.165) is 13.0 Å². The second kappa shape index (κ2) is 5.31. The van der Waals surface area contributed by atoms with Crippen molar-refractivity contribution < 1.29 is 0 Å². The number of aryl methyl sites for hydroxylation is 1. The van der Waals surface area contributed by atoms with Gasteiger partial charge in [-0.15, -0.1) is 0 Å². The van der Waals surface area contributed by atoms with Gasteiger partial charge in [-0.05, 0) is 29.5 Å². The predicted octanol–water partition coefficient (Wildman–Crippen LogP) is 4.64. The maximum Gasteiger partial charge on any atom is 0.0485 e. The Labute approximate surface area is 114 Å². The fourth-order valence-corrected chi connectivity index (χ4v) is 2.68. The summed E-state index contributed by atoms with van der Waals surface area (Å²) in [4.78, 5) is 0. The lowest BCUT2D eigenvalue weighted by Gasteiger charge is -2.10. The molecule has 0 fully saturated rings. The van der Waals surface area contributed by atoms with Crippen molar-refractivity contribution in [2.24, 2.45) is 0 Å². The molecule has 1 aromatic heterocycles. The minimum absolute atomic E-state index is 0.962. The molecule has 3 aromatic rings. The van der Waals surface area contributed by atoms with Crippen molar-refractivity contribution >= 4 is 10.9 Å². The third-order valence-electron chi connectivity index (χ3n) is 3.59. The Bertz CT molecular complexity index is 664. The zero-order valence-electron chi connectivity index (χ0n) is 11.3. The lowest BCUT2D eigenvalue weighted by Crippen LogP contribution is -2.03. The maximum absolute atomic E-state index is 2.45. The van der Waals surface area contributed by atoms with Crippen molar-refractivity contribution in [2.75, 3.05) is 0 Å². The summed E-state index contributed by atoms with van der Waals surface area (Å²) in [7, 11) is 0. The van der Waals surface area contributed by atoms with Crippen LogP contribution in [0.4, 0.5) is 0 Å². The number of aromatic nitrogens is 1. The number of hydrogen-bond acceptors (Lipinski definition) is 0. The first kappa shape index (κ1) is 12.0. The standard InChI is InChI=1S/C18H19N/c1-2-8-17-13-16-11-6-7-12-18(16)19(17)14-15-9-4-3-5-10-15/h3-7,9-13H,2,8,14H2,1H3. The normalized spacial score (nSPS) is 11.0. The predicted molar refractivity (Wildman–Crippen MR) is 81.5 cm³/mol. The third-order valence-corrected chi connectivity index (χ3v) is 3.59. The van der Waals surface area contributed by atoms with Crippen LogP contribution in [0.3, 0.4) is 0 Å². The number of hydrogen-bond donors (Lipinski definition) is 0. The molecule has 3 rings (SSSR count). The first-order valence-electron chi connectivity index (χ1n) is 6.99. The van der Waals surface area contributed by atoms with Crippen molar-refractivity contribution in [2.45, 2.75) is 26.3 Å². The van der Waals surface area contributed by atoms with E-state index in [-0.39, 0.29) is 0 Å². The monoisotopic (exact) mass is 249 g/mol. The highest BCUT2D eigenvalue weighted by Crippen LogP contribution is 2.22. The Hall–Kier alpha value is -2.02. The van der Waals surface area contributed by atoms with Crippen LogP contribution in [-0.2, 0) is 13.0 Å². The average Bonchev–Trinajstić information content (AvgIpc) is 2.79. The maximum atomic E-state index is 2.45. The summed E-state index contributed by atoms with van der Waals surface area (Å²) in [6, 6.07) is 21.7. The summed E-state index contributed by atoms with van der Waals surface area (Å²) in [5, 5.41) is 1.35. The van der Waals surface area contributed by atoms with Gasteiger partial charge >= 0.3 is 0 Å². The molecule has 0 aliphatic carbocycles. The van der Waals surface area contributed by atoms with Gasteiger partial charge in [-0.2, -0.15) is 0 Å². The summed E-state index contributed by atoms with van der Waals surface area (Å²) in [5.74, 6) is 0. The number of para-hydroxylation sites is 1. The molecule has 0 radical (unpaired) electrons. The smallest absolute Gasteiger partial charge is 0.0485 e. The molecule has 19 heavy (non-hydrogen) atoms. The minimum atomic E-state index is 0.962. The second-order valence-electron chi connectivity index (χ2n) is 5.02. The van der Waals surface area contributed by atoms with E-state index in [9.17, 15) is 0 Å². The van der Waals surface area contributed by atoms with E-state index in [1.54, 1.807) is 0 Å². The van der Waals surface area contributed by atoms with Crippen molar-refractivity contribution in [1.29, 1.82) is 0 Å². The van der Waals surface area contributed by atoms with E-state index >= 15 is 0 Å². The highest BCUT2D eigenvalue weighted by molar-refractivity contribution is 5.81. The zero-order valence-corrected chi connectivity index (χ0v) is 11.3. The van der Waals surface area contributed by atoms with Gasteiger partial charge in [0.15, 0.2) is 0 Å². The first-order chi connectivity index (χ1) is 9.38. The quantitative estimate of drug-likeness (QED) is 0.634. The van der Waals surface area contributed by atoms with E-state index < -0.39 is 0 Å². The van der Waals surface area contributed by atoms with Gasteiger partial charge in [0.25, 0.3) is 0 Å². The van der Waals surface area contributed by atoms with Crippen LogP contribution in [0.2, 0.25) is 0 Å². The van der Waals surface area contributed by atoms with E-state index in [1.807, 2.05) is 0 Å². The van der Waals surface area contributed by atoms with Crippen LogP contribution in [0.1, 0.15) is 24.6 Å². The molecule has 1 nitrogen and oxygen atoms in total. The molecule has 0 N–H and O–H groups in total. The Morgan fingerprint density at radius 2 is 1.63 bits per heavy atom. The van der Waals surface area contributed by atoms with Gasteiger partial charge in [0, 0.05) is 17.8 Å². The summed E-state index contributed by atoms with van der Waals surface area (Å²) in [6.45, 7) is 3.20. The Kier molecular flexibility index (Phi) is 3.37. The van der Waals surface area contributed by atoms with Crippen LogP contribution in [0, 0.1) is 0 Å². The van der Waals surface area contributed by atoms with Crippen LogP contribution >= 0.6 is 0 Å². The summed E-state index contributed by atoms with van der Waals surface area (Å²) >= 11 is 0. The molecule has 0 spiro atoms. The van der Waals surface area contributed by atoms with Gasteiger partial charge in [0.1, 0.15) is 0 Å². The minimum Gasteiger partial charge on any atom is -0.340 e. The molecule has 2 aromatic carbocycles. The molecule has 0 atom stereocenters. The fourth-order valence-electron chi connectivity index (χ4n) is 2.68. The molecular weight excluding hydrogens is 230 g/mol. The van der Waals surface area contributed by atoms with Crippen LogP contribution < -0.4 is 0 Å². The van der Waals surface area contributed by atoms with Gasteiger partial charge in [-0.25, -0.2) is 0 Å². The van der Waals surface area contributed by atoms with Crippen LogP contribution in [0.15, 0.2) is 60.7 Å². The second-order valence-corrected chi connectivity index (χ2v) is 5.02. The molecule has 0 amide bonds. The van der Waals surface area contributed by atoms with E-state index in [1.165, 1.54) is 28.6 Å². The molecule has 0 aliphatic rings. The van der Waals surface area contributed by atoms with Crippen molar-refractivity contribution in [3.63, 3.8) is 0 Å². The zero-order chi connectivity index (χ0) is 13.1. The van der Waals surface area contributed by atoms with Crippen LogP contribution in [-0.4, -0.2) is 4.57 Å². The Morgan fingerprint density at radius 1 is 0.895 bits per heavy atom. The molecule has 1 heterocycles. The van der Waals surface area contributed by atoms with E-state index in [4.69, 9.17) is 0 Å². The first-order valence-corrected chi connectivity index (χ1v) is 6.99. The highest BCUT2D eigenvalue weighted by Gasteiger charge is 2.07. The number of nitrogens with zero attached hydrogens (tertiary/aromatic N) is 1. The topological polar surface area (TPSA) is 4.93 Å². The molecular formula is C18H19N. The molecule has 1 heteroatoms. The summed E-state index contributed by atoms with van der Waals surface area (Å²) in [6.07, 6.45) is 2.33. The summed E-state index contributed by atoms with van der Waals surface area (Å²) in [5.41, 5.74) is 4.14. The van der Waals surface area contributed by atoms with Crippen LogP contribution in [0.25, 0.3) is 10.9 Å². The van der Waals surface area contributed by atoms with Crippen molar-refractivity contribution in [3.05, 3.63) is 71.9 Å². The molecule has 96 valence electrons. The lowest BCUT2D eigenvalue weighted by molar-refractivity contribution is 0.746. The average molecular weight is 249 g/mol. The number of benzene rings is 2. The molecule has 0 unspecified atom stereocenters. The fraction of sp³-hybridized carbons (Fsp3) is 0.222. The number of rotatable bonds is 4. The van der Waals surface area contributed by atoms with Gasteiger partial charge in [0.2, 0.25) is 0 Å². The Morgan fingerprint density at radius 3 is 2.42 bits per heavy atom. The third kappa shape index (κ3) is 2.41. The van der Waals surface area contributed by atoms with Crippen molar-refractivity contribution in [3.8, 4) is 0 Å². The summed E-state index contributed by atoms with van der Waals surface area (Å²) < 4.78 is 2.45. The van der Waals surface area contributed by atoms with Gasteiger partial charge < -0.3 is 4.57 Å². The largest absolute Gasteiger partial charge is 0.340 e. The van der Waals surface area contributed by atoms with E-state index in [2.05, 4.69) is 72.2 Å². The molecule has 0 saturated carbocycles. The van der Waals surface area contributed by atoms with Crippen molar-refractivity contribution in [1.82, 2.24) is 4.57 Å². The SMILES string of the molecule is CCCc1cc2ccccc2n1Cc1ccccc1. The van der Waals surface area contributed by atoms with Gasteiger partial charge in [-0.1, -0.05) is 61.9 Å². The number of fused-ring (bicyclic) bond motifs is 1. The lowest BCUT2D eigenvalue weighted by atomic mass is 10.2. The van der Waals surface area contributed by atoms with Gasteiger partial charge in [0.05, 0.1) is 0 Å². The molecule has 0 bridgehead atoms. The molecule has 0 saturated heterocycles. The van der Waals surface area contributed by atoms with E-state index in [0.29, 0.717) is 0 Å². The molecule has 0 aliphatic heterocycles.